The Balaban J connectivity index is 1.48. The van der Waals surface area contributed by atoms with Crippen molar-refractivity contribution in [3.63, 3.8) is 0 Å². The number of hydrogen-bond donors (Lipinski definition) is 1. The maximum absolute atomic E-state index is 12.5. The van der Waals surface area contributed by atoms with Crippen LogP contribution in [0.5, 0.6) is 5.75 Å². The number of nitrogens with zero attached hydrogens (tertiary/aromatic N) is 4. The van der Waals surface area contributed by atoms with E-state index in [1.54, 1.807) is 6.33 Å². The minimum Gasteiger partial charge on any atom is -0.507 e. The Morgan fingerprint density at radius 2 is 1.17 bits per heavy atom. The van der Waals surface area contributed by atoms with Crippen molar-refractivity contribution < 1.29 is 5.11 Å². The fourth-order valence-electron chi connectivity index (χ4n) is 8.63. The topological polar surface area (TPSA) is 63.8 Å². The molecule has 8 rings (SSSR count). The minimum absolute atomic E-state index is 0.0719. The zero-order chi connectivity index (χ0) is 45.4. The van der Waals surface area contributed by atoms with Crippen LogP contribution in [0.15, 0.2) is 122 Å². The number of imidazole rings is 1. The third-order valence-corrected chi connectivity index (χ3v) is 12.6. The third kappa shape index (κ3) is 8.31. The molecule has 322 valence electrons. The molecule has 5 nitrogen and oxygen atoms in total. The van der Waals surface area contributed by atoms with Gasteiger partial charge in [0.05, 0.1) is 33.5 Å². The highest BCUT2D eigenvalue weighted by atomic mass is 16.3. The minimum atomic E-state index is -0.322. The molecule has 0 fully saturated rings. The van der Waals surface area contributed by atoms with Gasteiger partial charge in [-0.25, -0.2) is 15.0 Å². The fourth-order valence-corrected chi connectivity index (χ4v) is 8.63. The van der Waals surface area contributed by atoms with E-state index < -0.39 is 0 Å². The molecule has 0 saturated carbocycles. The summed E-state index contributed by atoms with van der Waals surface area (Å²) in [6.45, 7) is 31.2. The van der Waals surface area contributed by atoms with Gasteiger partial charge < -0.3 is 5.11 Å². The molecule has 0 atom stereocenters. The summed E-state index contributed by atoms with van der Waals surface area (Å²) in [4.78, 5) is 15.4. The van der Waals surface area contributed by atoms with Crippen LogP contribution in [-0.4, -0.2) is 24.6 Å². The largest absolute Gasteiger partial charge is 0.507 e. The lowest BCUT2D eigenvalue weighted by atomic mass is 9.79. The average molecular weight is 833 g/mol. The number of fused-ring (bicyclic) bond motifs is 2. The van der Waals surface area contributed by atoms with Crippen molar-refractivity contribution in [3.8, 4) is 56.3 Å². The van der Waals surface area contributed by atoms with Crippen molar-refractivity contribution in [1.82, 2.24) is 19.5 Å². The first kappa shape index (κ1) is 43.6. The maximum atomic E-state index is 12.5. The molecule has 0 aliphatic carbocycles. The third-order valence-electron chi connectivity index (χ3n) is 12.6. The predicted octanol–water partition coefficient (Wildman–Crippen LogP) is 15.7. The molecule has 0 saturated heterocycles. The van der Waals surface area contributed by atoms with Crippen LogP contribution in [0.2, 0.25) is 0 Å². The second-order valence-electron chi connectivity index (χ2n) is 21.9. The molecule has 0 aliphatic rings. The van der Waals surface area contributed by atoms with E-state index in [9.17, 15) is 5.11 Å². The van der Waals surface area contributed by atoms with Crippen molar-refractivity contribution >= 4 is 21.9 Å². The zero-order valence-electron chi connectivity index (χ0n) is 39.9. The summed E-state index contributed by atoms with van der Waals surface area (Å²) in [6, 6.07) is 41.8. The molecular formula is C58H64N4O. The number of rotatable bonds is 6. The SMILES string of the molecule is CC(C)c1ccc2c(-c3cc(-c4cccc5c4nc(-c4cc(C(C)(C)C)cc(C(C)(C)C)c4O)n5-c4ccc(C(C)(C)C)cc4-c4ccccc4)cc(C(C)(C)C)c3)ncnc2c1. The van der Waals surface area contributed by atoms with E-state index in [0.29, 0.717) is 17.3 Å². The van der Waals surface area contributed by atoms with Gasteiger partial charge in [-0.1, -0.05) is 170 Å². The molecule has 5 heteroatoms. The molecule has 0 spiro atoms. The second-order valence-corrected chi connectivity index (χ2v) is 21.9. The van der Waals surface area contributed by atoms with E-state index in [1.165, 1.54) is 16.7 Å². The summed E-state index contributed by atoms with van der Waals surface area (Å²) in [5.41, 5.74) is 15.7. The molecule has 2 heterocycles. The number of para-hydroxylation sites is 1. The van der Waals surface area contributed by atoms with E-state index in [2.05, 4.69) is 217 Å². The van der Waals surface area contributed by atoms with Gasteiger partial charge in [-0.3, -0.25) is 4.57 Å². The fraction of sp³-hybridized carbons (Fsp3) is 0.328. The molecule has 0 radical (unpaired) electrons. The van der Waals surface area contributed by atoms with Crippen molar-refractivity contribution in [2.45, 2.75) is 125 Å². The number of benzene rings is 6. The first-order chi connectivity index (χ1) is 29.5. The van der Waals surface area contributed by atoms with Gasteiger partial charge in [0.1, 0.15) is 17.9 Å². The van der Waals surface area contributed by atoms with E-state index in [0.717, 1.165) is 72.3 Å². The lowest BCUT2D eigenvalue weighted by Crippen LogP contribution is -2.17. The second kappa shape index (κ2) is 15.6. The van der Waals surface area contributed by atoms with E-state index >= 15 is 0 Å². The summed E-state index contributed by atoms with van der Waals surface area (Å²) in [5, 5.41) is 13.6. The van der Waals surface area contributed by atoms with Crippen LogP contribution < -0.4 is 0 Å². The lowest BCUT2D eigenvalue weighted by molar-refractivity contribution is 0.446. The molecule has 1 N–H and O–H groups in total. The normalized spacial score (nSPS) is 12.8. The molecule has 0 amide bonds. The highest BCUT2D eigenvalue weighted by Gasteiger charge is 2.30. The Morgan fingerprint density at radius 3 is 1.83 bits per heavy atom. The molecule has 0 bridgehead atoms. The van der Waals surface area contributed by atoms with Crippen molar-refractivity contribution in [3.05, 3.63) is 149 Å². The zero-order valence-corrected chi connectivity index (χ0v) is 39.9. The average Bonchev–Trinajstić information content (AvgIpc) is 3.61. The number of aromatic nitrogens is 4. The van der Waals surface area contributed by atoms with Crippen molar-refractivity contribution in [2.75, 3.05) is 0 Å². The lowest BCUT2D eigenvalue weighted by Gasteiger charge is -2.28. The van der Waals surface area contributed by atoms with Crippen LogP contribution in [0.25, 0.3) is 72.5 Å². The van der Waals surface area contributed by atoms with Gasteiger partial charge in [0, 0.05) is 27.6 Å². The molecule has 63 heavy (non-hydrogen) atoms. The number of aromatic hydroxyl groups is 1. The van der Waals surface area contributed by atoms with Gasteiger partial charge in [-0.2, -0.15) is 0 Å². The van der Waals surface area contributed by atoms with Crippen molar-refractivity contribution in [2.24, 2.45) is 0 Å². The van der Waals surface area contributed by atoms with Crippen molar-refractivity contribution in [1.29, 1.82) is 0 Å². The summed E-state index contributed by atoms with van der Waals surface area (Å²) in [5.74, 6) is 1.35. The first-order valence-electron chi connectivity index (χ1n) is 22.5. The Kier molecular flexibility index (Phi) is 10.8. The molecule has 6 aromatic carbocycles. The molecule has 0 unspecified atom stereocenters. The van der Waals surface area contributed by atoms with Crippen LogP contribution in [0.4, 0.5) is 0 Å². The van der Waals surface area contributed by atoms with Crippen LogP contribution in [0.1, 0.15) is 131 Å². The molecular weight excluding hydrogens is 769 g/mol. The summed E-state index contributed by atoms with van der Waals surface area (Å²) < 4.78 is 2.29. The van der Waals surface area contributed by atoms with Gasteiger partial charge in [0.25, 0.3) is 0 Å². The van der Waals surface area contributed by atoms with Gasteiger partial charge in [-0.15, -0.1) is 0 Å². The van der Waals surface area contributed by atoms with Gasteiger partial charge in [-0.05, 0) is 103 Å². The van der Waals surface area contributed by atoms with Crippen LogP contribution in [-0.2, 0) is 21.7 Å². The number of phenols is 1. The van der Waals surface area contributed by atoms with Crippen LogP contribution in [0.3, 0.4) is 0 Å². The highest BCUT2D eigenvalue weighted by Crippen LogP contribution is 2.46. The Hall–Kier alpha value is -6.07. The van der Waals surface area contributed by atoms with E-state index in [-0.39, 0.29) is 27.4 Å². The monoisotopic (exact) mass is 833 g/mol. The van der Waals surface area contributed by atoms with E-state index in [1.807, 2.05) is 0 Å². The molecule has 8 aromatic rings. The quantitative estimate of drug-likeness (QED) is 0.181. The molecule has 0 aliphatic heterocycles. The Bertz CT molecular complexity index is 3010. The number of hydrogen-bond acceptors (Lipinski definition) is 4. The molecule has 2 aromatic heterocycles. The van der Waals surface area contributed by atoms with Gasteiger partial charge in [0.2, 0.25) is 0 Å². The Morgan fingerprint density at radius 1 is 0.524 bits per heavy atom. The van der Waals surface area contributed by atoms with E-state index in [4.69, 9.17) is 15.0 Å². The number of phenolic OH excluding ortho intramolecular Hbond substituents is 1. The highest BCUT2D eigenvalue weighted by molar-refractivity contribution is 5.99. The maximum Gasteiger partial charge on any atom is 0.149 e. The van der Waals surface area contributed by atoms with Gasteiger partial charge >= 0.3 is 0 Å². The summed E-state index contributed by atoms with van der Waals surface area (Å²) in [7, 11) is 0. The van der Waals surface area contributed by atoms with Crippen LogP contribution >= 0.6 is 0 Å². The predicted molar refractivity (Wildman–Crippen MR) is 266 cm³/mol. The van der Waals surface area contributed by atoms with Crippen LogP contribution in [0, 0.1) is 0 Å². The Labute approximate surface area is 375 Å². The smallest absolute Gasteiger partial charge is 0.149 e. The van der Waals surface area contributed by atoms with Gasteiger partial charge in [0.15, 0.2) is 0 Å². The standard InChI is InChI=1S/C58H64N4O/c1-35(2)37-23-25-44-48(30-37)59-34-60-51(44)39-27-38(28-41(29-39)56(6,7)8)43-21-18-22-50-52(43)61-54(46-32-42(57(9,10)11)33-47(53(46)63)58(12,13)14)62(50)49-26-24-40(55(3,4)5)31-45(49)36-19-16-15-17-20-36/h15-35,63H,1-14H3. The summed E-state index contributed by atoms with van der Waals surface area (Å²) in [6.07, 6.45) is 1.69. The summed E-state index contributed by atoms with van der Waals surface area (Å²) >= 11 is 0. The first-order valence-corrected chi connectivity index (χ1v) is 22.5.